The molecule has 38 heavy (non-hydrogen) atoms. The van der Waals surface area contributed by atoms with Crippen LogP contribution in [0.1, 0.15) is 56.7 Å². The molecule has 0 radical (unpaired) electrons. The summed E-state index contributed by atoms with van der Waals surface area (Å²) in [5, 5.41) is -0.416. The molecule has 0 amide bonds. The van der Waals surface area contributed by atoms with Gasteiger partial charge in [0.1, 0.15) is 5.75 Å². The lowest BCUT2D eigenvalue weighted by atomic mass is 9.80. The number of sulfonamides is 2. The third-order valence-electron chi connectivity index (χ3n) is 7.36. The largest absolute Gasteiger partial charge is 0.497 e. The molecule has 0 bridgehead atoms. The van der Waals surface area contributed by atoms with Crippen molar-refractivity contribution in [2.75, 3.05) is 26.0 Å². The zero-order valence-corrected chi connectivity index (χ0v) is 24.6. The number of rotatable bonds is 14. The van der Waals surface area contributed by atoms with E-state index in [2.05, 4.69) is 46.7 Å². The van der Waals surface area contributed by atoms with E-state index >= 15 is 0 Å². The van der Waals surface area contributed by atoms with Crippen molar-refractivity contribution < 1.29 is 21.6 Å². The summed E-state index contributed by atoms with van der Waals surface area (Å²) in [6.45, 7) is 6.35. The highest BCUT2D eigenvalue weighted by atomic mass is 32.2. The number of aryl methyl sites for hydroxylation is 1. The molecule has 0 heterocycles. The molecule has 0 spiro atoms. The van der Waals surface area contributed by atoms with Crippen LogP contribution in [0.15, 0.2) is 54.6 Å². The summed E-state index contributed by atoms with van der Waals surface area (Å²) in [6, 6.07) is 15.8. The summed E-state index contributed by atoms with van der Waals surface area (Å²) >= 11 is 0. The molecule has 1 aliphatic carbocycles. The monoisotopic (exact) mass is 562 g/mol. The predicted octanol–water partition coefficient (Wildman–Crippen LogP) is 4.55. The number of hydrogen-bond acceptors (Lipinski definition) is 5. The van der Waals surface area contributed by atoms with Gasteiger partial charge in [-0.1, -0.05) is 49.4 Å². The molecule has 0 aliphatic heterocycles. The van der Waals surface area contributed by atoms with Crippen LogP contribution in [0, 0.1) is 11.8 Å². The fraction of sp³-hybridized carbons (Fsp3) is 0.517. The lowest BCUT2D eigenvalue weighted by molar-refractivity contribution is 0.334. The van der Waals surface area contributed by atoms with Crippen molar-refractivity contribution in [3.63, 3.8) is 0 Å². The first-order chi connectivity index (χ1) is 18.0. The molecular weight excluding hydrogens is 520 g/mol. The van der Waals surface area contributed by atoms with Gasteiger partial charge >= 0.3 is 0 Å². The maximum atomic E-state index is 12.4. The first kappa shape index (κ1) is 30.3. The summed E-state index contributed by atoms with van der Waals surface area (Å²) < 4.78 is 59.5. The second-order valence-corrected chi connectivity index (χ2v) is 14.7. The number of nitrogens with one attached hydrogen (secondary N) is 2. The van der Waals surface area contributed by atoms with Gasteiger partial charge in [-0.2, -0.15) is 0 Å². The van der Waals surface area contributed by atoms with Crippen molar-refractivity contribution in [3.8, 4) is 5.75 Å². The Hall–Kier alpha value is -2.20. The van der Waals surface area contributed by atoms with Gasteiger partial charge in [0, 0.05) is 13.1 Å². The summed E-state index contributed by atoms with van der Waals surface area (Å²) in [4.78, 5) is 0. The van der Waals surface area contributed by atoms with Crippen molar-refractivity contribution in [2.24, 2.45) is 11.8 Å². The first-order valence-corrected chi connectivity index (χ1v) is 16.6. The van der Waals surface area contributed by atoms with Gasteiger partial charge < -0.3 is 4.74 Å². The molecule has 2 unspecified atom stereocenters. The molecule has 2 atom stereocenters. The highest BCUT2D eigenvalue weighted by Crippen LogP contribution is 2.34. The number of allylic oxidation sites excluding steroid dienone is 2. The minimum Gasteiger partial charge on any atom is -0.497 e. The van der Waals surface area contributed by atoms with Crippen LogP contribution in [0.2, 0.25) is 0 Å². The standard InChI is InChI=1S/C29H42N2O5S2/c1-22(2)38(34,35)31-21-23(3)26-11-13-28(14-12-26)27-9-5-24(6-10-27)17-19-30-37(32,33)20-18-25-7-15-29(36-4)16-8-25/h5-10,13,15-16,22-23,26,30-31H,11-12,14,17-21H2,1-4H3. The highest BCUT2D eigenvalue weighted by molar-refractivity contribution is 7.90. The maximum absolute atomic E-state index is 12.4. The van der Waals surface area contributed by atoms with E-state index in [1.165, 1.54) is 11.1 Å². The fourth-order valence-corrected chi connectivity index (χ4v) is 6.46. The summed E-state index contributed by atoms with van der Waals surface area (Å²) in [7, 11) is -4.97. The van der Waals surface area contributed by atoms with Gasteiger partial charge in [-0.05, 0) is 92.2 Å². The molecule has 0 saturated heterocycles. The number of methoxy groups -OCH3 is 1. The Morgan fingerprint density at radius 1 is 0.895 bits per heavy atom. The second-order valence-electron chi connectivity index (χ2n) is 10.4. The topological polar surface area (TPSA) is 102 Å². The van der Waals surface area contributed by atoms with E-state index in [1.807, 2.05) is 24.3 Å². The van der Waals surface area contributed by atoms with E-state index in [9.17, 15) is 16.8 Å². The Bertz CT molecular complexity index is 1270. The van der Waals surface area contributed by atoms with Gasteiger partial charge in [-0.15, -0.1) is 0 Å². The quantitative estimate of drug-likeness (QED) is 0.352. The molecule has 1 aliphatic rings. The van der Waals surface area contributed by atoms with Gasteiger partial charge in [0.25, 0.3) is 0 Å². The minimum atomic E-state index is -3.35. The van der Waals surface area contributed by atoms with Crippen LogP contribution in [0.3, 0.4) is 0 Å². The third-order valence-corrected chi connectivity index (χ3v) is 10.6. The Morgan fingerprint density at radius 2 is 1.53 bits per heavy atom. The third kappa shape index (κ3) is 9.22. The molecule has 3 rings (SSSR count). The van der Waals surface area contributed by atoms with Gasteiger partial charge in [0.15, 0.2) is 0 Å². The zero-order chi connectivity index (χ0) is 27.8. The molecule has 0 fully saturated rings. The van der Waals surface area contributed by atoms with Crippen molar-refractivity contribution in [1.29, 1.82) is 0 Å². The second kappa shape index (κ2) is 13.7. The van der Waals surface area contributed by atoms with Crippen LogP contribution in [0.25, 0.3) is 5.57 Å². The predicted molar refractivity (Wildman–Crippen MR) is 155 cm³/mol. The summed E-state index contributed by atoms with van der Waals surface area (Å²) in [5.41, 5.74) is 4.56. The van der Waals surface area contributed by atoms with E-state index < -0.39 is 25.3 Å². The first-order valence-electron chi connectivity index (χ1n) is 13.4. The highest BCUT2D eigenvalue weighted by Gasteiger charge is 2.23. The van der Waals surface area contributed by atoms with Crippen LogP contribution in [-0.2, 0) is 32.9 Å². The van der Waals surface area contributed by atoms with Crippen LogP contribution in [0.4, 0.5) is 0 Å². The van der Waals surface area contributed by atoms with Crippen molar-refractivity contribution in [1.82, 2.24) is 9.44 Å². The number of hydrogen-bond donors (Lipinski definition) is 2. The normalized spacial score (nSPS) is 17.3. The summed E-state index contributed by atoms with van der Waals surface area (Å²) in [5.74, 6) is 1.55. The van der Waals surface area contributed by atoms with Crippen LogP contribution in [0.5, 0.6) is 5.75 Å². The van der Waals surface area contributed by atoms with Gasteiger partial charge in [-0.3, -0.25) is 0 Å². The van der Waals surface area contributed by atoms with E-state index in [0.717, 1.165) is 36.1 Å². The number of ether oxygens (including phenoxy) is 1. The molecule has 0 saturated carbocycles. The van der Waals surface area contributed by atoms with Gasteiger partial charge in [0.2, 0.25) is 20.0 Å². The summed E-state index contributed by atoms with van der Waals surface area (Å²) in [6.07, 6.45) is 6.33. The SMILES string of the molecule is COc1ccc(CCS(=O)(=O)NCCc2ccc(C3=CCC(C(C)CNS(=O)(=O)C(C)C)CC3)cc2)cc1. The number of benzene rings is 2. The van der Waals surface area contributed by atoms with Gasteiger partial charge in [0.05, 0.1) is 18.1 Å². The Labute approximate surface area is 229 Å². The molecule has 0 aromatic heterocycles. The van der Waals surface area contributed by atoms with Gasteiger partial charge in [-0.25, -0.2) is 26.3 Å². The van der Waals surface area contributed by atoms with E-state index in [-0.39, 0.29) is 11.7 Å². The lowest BCUT2D eigenvalue weighted by Crippen LogP contribution is -2.36. The average molecular weight is 563 g/mol. The average Bonchev–Trinajstić information content (AvgIpc) is 2.91. The van der Waals surface area contributed by atoms with Crippen LogP contribution < -0.4 is 14.2 Å². The fourth-order valence-electron chi connectivity index (χ4n) is 4.57. The maximum Gasteiger partial charge on any atom is 0.213 e. The van der Waals surface area contributed by atoms with Crippen LogP contribution in [-0.4, -0.2) is 48.0 Å². The van der Waals surface area contributed by atoms with Crippen molar-refractivity contribution >= 4 is 25.6 Å². The zero-order valence-electron chi connectivity index (χ0n) is 22.9. The van der Waals surface area contributed by atoms with Crippen molar-refractivity contribution in [2.45, 2.75) is 58.1 Å². The minimum absolute atomic E-state index is 0.0512. The Kier molecular flexibility index (Phi) is 11.0. The van der Waals surface area contributed by atoms with E-state index in [4.69, 9.17) is 4.74 Å². The molecule has 2 aromatic rings. The molecule has 210 valence electrons. The molecule has 2 aromatic carbocycles. The molecule has 7 nitrogen and oxygen atoms in total. The van der Waals surface area contributed by atoms with E-state index in [1.54, 1.807) is 21.0 Å². The lowest BCUT2D eigenvalue weighted by Gasteiger charge is -2.28. The van der Waals surface area contributed by atoms with Crippen molar-refractivity contribution in [3.05, 3.63) is 71.3 Å². The molecular formula is C29H42N2O5S2. The molecule has 9 heteroatoms. The molecule has 2 N–H and O–H groups in total. The van der Waals surface area contributed by atoms with Crippen LogP contribution >= 0.6 is 0 Å². The smallest absolute Gasteiger partial charge is 0.213 e. The van der Waals surface area contributed by atoms with E-state index in [0.29, 0.717) is 31.8 Å². The Balaban J connectivity index is 1.43. The Morgan fingerprint density at radius 3 is 2.11 bits per heavy atom.